The molecule has 0 atom stereocenters. The number of carbonyl (C=O) groups excluding carboxylic acids is 1. The molecule has 1 aromatic carbocycles. The summed E-state index contributed by atoms with van der Waals surface area (Å²) < 4.78 is 86.6. The van der Waals surface area contributed by atoms with Crippen LogP contribution in [0.4, 0.5) is 31.1 Å². The molecule has 1 fully saturated rings. The lowest BCUT2D eigenvalue weighted by Gasteiger charge is -2.32. The number of carbonyl (C=O) groups is 1. The molecule has 1 aromatic heterocycles. The number of piperidine rings is 1. The van der Waals surface area contributed by atoms with Crippen molar-refractivity contribution in [1.82, 2.24) is 9.88 Å². The predicted octanol–water partition coefficient (Wildman–Crippen LogP) is 7.60. The van der Waals surface area contributed by atoms with Gasteiger partial charge in [-0.1, -0.05) is 15.9 Å². The van der Waals surface area contributed by atoms with Crippen molar-refractivity contribution >= 4 is 33.4 Å². The van der Waals surface area contributed by atoms with Crippen LogP contribution in [0.5, 0.6) is 5.75 Å². The number of hydrogen-bond acceptors (Lipinski definition) is 5. The summed E-state index contributed by atoms with van der Waals surface area (Å²) >= 11 is 3.98. The third-order valence-electron chi connectivity index (χ3n) is 4.88. The second-order valence-electron chi connectivity index (χ2n) is 8.69. The van der Waals surface area contributed by atoms with E-state index in [4.69, 9.17) is 4.74 Å². The van der Waals surface area contributed by atoms with Gasteiger partial charge >= 0.3 is 18.6 Å². The highest BCUT2D eigenvalue weighted by atomic mass is 79.9. The third-order valence-corrected chi connectivity index (χ3v) is 6.51. The number of ether oxygens (including phenoxy) is 2. The molecule has 0 radical (unpaired) electrons. The van der Waals surface area contributed by atoms with Crippen LogP contribution in [-0.2, 0) is 10.9 Å². The van der Waals surface area contributed by atoms with Crippen molar-refractivity contribution < 1.29 is 40.6 Å². The molecule has 13 heteroatoms. The Morgan fingerprint density at radius 2 is 1.74 bits per heavy atom. The fourth-order valence-electron chi connectivity index (χ4n) is 3.45. The topological polar surface area (TPSA) is 51.7 Å². The first-order chi connectivity index (χ1) is 15.5. The number of thiazole rings is 1. The summed E-state index contributed by atoms with van der Waals surface area (Å²) in [5.41, 5.74) is -1.88. The summed E-state index contributed by atoms with van der Waals surface area (Å²) in [5.74, 6) is -1.36. The number of nitrogens with zero attached hydrogens (tertiary/aromatic N) is 2. The van der Waals surface area contributed by atoms with E-state index in [1.165, 1.54) is 11.3 Å². The zero-order chi connectivity index (χ0) is 25.5. The summed E-state index contributed by atoms with van der Waals surface area (Å²) in [5, 5.41) is 2.26. The number of halogens is 7. The second kappa shape index (κ2) is 9.56. The molecule has 5 nitrogen and oxygen atoms in total. The lowest BCUT2D eigenvalue weighted by atomic mass is 9.98. The summed E-state index contributed by atoms with van der Waals surface area (Å²) in [4.78, 5) is 18.3. The number of hydrogen-bond donors (Lipinski definition) is 0. The molecule has 1 aliphatic heterocycles. The Bertz CT molecular complexity index is 1040. The Hall–Kier alpha value is -2.02. The molecule has 0 unspecified atom stereocenters. The number of benzene rings is 1. The molecule has 1 amide bonds. The molecule has 188 valence electrons. The minimum atomic E-state index is -5.30. The van der Waals surface area contributed by atoms with Crippen LogP contribution in [0.1, 0.15) is 50.1 Å². The van der Waals surface area contributed by atoms with Crippen molar-refractivity contribution in [3.8, 4) is 17.0 Å². The van der Waals surface area contributed by atoms with E-state index in [9.17, 15) is 31.1 Å². The Morgan fingerprint density at radius 3 is 2.26 bits per heavy atom. The maximum atomic E-state index is 13.3. The highest BCUT2D eigenvalue weighted by molar-refractivity contribution is 9.10. The molecule has 3 rings (SSSR count). The molecule has 0 spiro atoms. The first kappa shape index (κ1) is 26.6. The lowest BCUT2D eigenvalue weighted by molar-refractivity contribution is -0.276. The van der Waals surface area contributed by atoms with Gasteiger partial charge in [-0.25, -0.2) is 9.78 Å². The van der Waals surface area contributed by atoms with Crippen LogP contribution in [0.2, 0.25) is 0 Å². The number of rotatable bonds is 3. The maximum absolute atomic E-state index is 13.3. The maximum Gasteiger partial charge on any atom is 0.573 e. The van der Waals surface area contributed by atoms with Gasteiger partial charge in [-0.2, -0.15) is 13.2 Å². The van der Waals surface area contributed by atoms with E-state index in [1.807, 2.05) is 0 Å². The van der Waals surface area contributed by atoms with Crippen LogP contribution in [0.15, 0.2) is 22.0 Å². The van der Waals surface area contributed by atoms with Crippen molar-refractivity contribution in [2.45, 2.75) is 57.7 Å². The van der Waals surface area contributed by atoms with Gasteiger partial charge in [0, 0.05) is 34.4 Å². The Kier molecular flexibility index (Phi) is 7.47. The van der Waals surface area contributed by atoms with E-state index in [-0.39, 0.29) is 17.2 Å². The molecule has 1 aliphatic rings. The quantitative estimate of drug-likeness (QED) is 0.354. The molecule has 0 N–H and O–H groups in total. The monoisotopic (exact) mass is 574 g/mol. The SMILES string of the molecule is CC(C)(C)OC(=O)N1CCC(c2nc(-c3cc(Br)c(C(F)(F)F)c(OC(F)(F)F)c3)cs2)CC1. The largest absolute Gasteiger partial charge is 0.573 e. The van der Waals surface area contributed by atoms with Crippen LogP contribution < -0.4 is 4.74 Å². The molecule has 2 aromatic rings. The van der Waals surface area contributed by atoms with Crippen molar-refractivity contribution in [3.63, 3.8) is 0 Å². The minimum absolute atomic E-state index is 0.00113. The van der Waals surface area contributed by atoms with Crippen LogP contribution >= 0.6 is 27.3 Å². The Labute approximate surface area is 204 Å². The number of aromatic nitrogens is 1. The van der Waals surface area contributed by atoms with Crippen LogP contribution in [0, 0.1) is 0 Å². The number of amides is 1. The normalized spacial score (nSPS) is 16.0. The summed E-state index contributed by atoms with van der Waals surface area (Å²) in [6, 6.07) is 1.75. The smallest absolute Gasteiger partial charge is 0.444 e. The first-order valence-corrected chi connectivity index (χ1v) is 11.8. The van der Waals surface area contributed by atoms with E-state index >= 15 is 0 Å². The molecule has 0 saturated carbocycles. The summed E-state index contributed by atoms with van der Waals surface area (Å²) in [7, 11) is 0. The Morgan fingerprint density at radius 1 is 1.12 bits per heavy atom. The summed E-state index contributed by atoms with van der Waals surface area (Å²) in [6.07, 6.45) is -9.56. The van der Waals surface area contributed by atoms with Gasteiger partial charge in [0.15, 0.2) is 0 Å². The van der Waals surface area contributed by atoms with Crippen LogP contribution in [0.3, 0.4) is 0 Å². The number of likely N-dealkylation sites (tertiary alicyclic amines) is 1. The van der Waals surface area contributed by atoms with Gasteiger partial charge < -0.3 is 14.4 Å². The molecular formula is C21H21BrF6N2O3S. The van der Waals surface area contributed by atoms with Gasteiger partial charge in [-0.3, -0.25) is 0 Å². The predicted molar refractivity (Wildman–Crippen MR) is 117 cm³/mol. The van der Waals surface area contributed by atoms with Crippen molar-refractivity contribution in [3.05, 3.63) is 32.6 Å². The molecule has 0 aliphatic carbocycles. The fourth-order valence-corrected chi connectivity index (χ4v) is 5.12. The van der Waals surface area contributed by atoms with Gasteiger partial charge in [0.05, 0.1) is 10.7 Å². The third kappa shape index (κ3) is 6.77. The molecule has 2 heterocycles. The second-order valence-corrected chi connectivity index (χ2v) is 10.4. The van der Waals surface area contributed by atoms with E-state index in [1.54, 1.807) is 31.1 Å². The highest BCUT2D eigenvalue weighted by Crippen LogP contribution is 2.45. The first-order valence-electron chi connectivity index (χ1n) is 10.1. The van der Waals surface area contributed by atoms with Gasteiger partial charge in [0.1, 0.15) is 16.9 Å². The van der Waals surface area contributed by atoms with Gasteiger partial charge in [0.25, 0.3) is 0 Å². The van der Waals surface area contributed by atoms with Crippen LogP contribution in [0.25, 0.3) is 11.3 Å². The molecular weight excluding hydrogens is 554 g/mol. The lowest BCUT2D eigenvalue weighted by Crippen LogP contribution is -2.41. The van der Waals surface area contributed by atoms with E-state index in [0.29, 0.717) is 37.0 Å². The van der Waals surface area contributed by atoms with Gasteiger partial charge in [-0.05, 0) is 45.7 Å². The molecule has 34 heavy (non-hydrogen) atoms. The molecule has 0 bridgehead atoms. The number of alkyl halides is 6. The minimum Gasteiger partial charge on any atom is -0.444 e. The molecule has 1 saturated heterocycles. The zero-order valence-electron chi connectivity index (χ0n) is 18.3. The van der Waals surface area contributed by atoms with E-state index < -0.39 is 40.0 Å². The average molecular weight is 575 g/mol. The Balaban J connectivity index is 1.79. The van der Waals surface area contributed by atoms with Crippen molar-refractivity contribution in [2.75, 3.05) is 13.1 Å². The highest BCUT2D eigenvalue weighted by Gasteiger charge is 2.41. The van der Waals surface area contributed by atoms with Crippen molar-refractivity contribution in [2.24, 2.45) is 0 Å². The van der Waals surface area contributed by atoms with Gasteiger partial charge in [-0.15, -0.1) is 24.5 Å². The van der Waals surface area contributed by atoms with Crippen molar-refractivity contribution in [1.29, 1.82) is 0 Å². The standard InChI is InChI=1S/C21H21BrF6N2O3S/c1-19(2,3)33-18(31)30-6-4-11(5-7-30)17-29-14(10-34-17)12-8-13(22)16(20(23,24)25)15(9-12)32-21(26,27)28/h8-11H,4-7H2,1-3H3. The summed E-state index contributed by atoms with van der Waals surface area (Å²) in [6.45, 7) is 6.23. The fraction of sp³-hybridized carbons (Fsp3) is 0.524. The average Bonchev–Trinajstić information content (AvgIpc) is 3.14. The van der Waals surface area contributed by atoms with E-state index in [0.717, 1.165) is 6.07 Å². The van der Waals surface area contributed by atoms with E-state index in [2.05, 4.69) is 25.7 Å². The van der Waals surface area contributed by atoms with Crippen LogP contribution in [-0.4, -0.2) is 41.0 Å². The zero-order valence-corrected chi connectivity index (χ0v) is 20.7. The van der Waals surface area contributed by atoms with Gasteiger partial charge in [0.2, 0.25) is 0 Å².